The lowest BCUT2D eigenvalue weighted by Crippen LogP contribution is -2.32. The largest absolute Gasteiger partial charge is 0.396 e. The predicted molar refractivity (Wildman–Crippen MR) is 62.2 cm³/mol. The van der Waals surface area contributed by atoms with Gasteiger partial charge in [0, 0.05) is 0 Å². The van der Waals surface area contributed by atoms with E-state index in [4.69, 9.17) is 10.1 Å². The van der Waals surface area contributed by atoms with Crippen LogP contribution in [0, 0.1) is 11.5 Å². The zero-order valence-corrected chi connectivity index (χ0v) is 8.78. The standard InChI is InChI=1S/C12H13N3O/c13-12-15-10-8-6-4-2-1-3-5-7-9-11-16-14-15/h1-9,11,14H,10H2/b3-1+,4-2-,7-5+,8-6+,11-9-. The van der Waals surface area contributed by atoms with Crippen LogP contribution in [0.2, 0.25) is 0 Å². The lowest BCUT2D eigenvalue weighted by molar-refractivity contribution is 0.0118. The third kappa shape index (κ3) is 5.47. The Morgan fingerprint density at radius 2 is 1.62 bits per heavy atom. The summed E-state index contributed by atoms with van der Waals surface area (Å²) < 4.78 is 0. The minimum absolute atomic E-state index is 0.439. The summed E-state index contributed by atoms with van der Waals surface area (Å²) in [6.07, 6.45) is 20.2. The molecule has 1 aliphatic rings. The maximum absolute atomic E-state index is 8.73. The molecule has 0 bridgehead atoms. The second-order valence-corrected chi connectivity index (χ2v) is 2.83. The smallest absolute Gasteiger partial charge is 0.198 e. The summed E-state index contributed by atoms with van der Waals surface area (Å²) >= 11 is 0. The van der Waals surface area contributed by atoms with E-state index in [-0.39, 0.29) is 0 Å². The average Bonchev–Trinajstić information content (AvgIpc) is 2.32. The van der Waals surface area contributed by atoms with Crippen molar-refractivity contribution in [1.82, 2.24) is 10.6 Å². The molecule has 0 unspecified atom stereocenters. The first kappa shape index (κ1) is 11.8. The van der Waals surface area contributed by atoms with E-state index in [9.17, 15) is 0 Å². The molecule has 0 aromatic rings. The molecule has 0 aliphatic carbocycles. The molecule has 0 aromatic carbocycles. The SMILES string of the molecule is N#CN1C/C=C/C=C\C=C\C=C\C=C/ON1. The van der Waals surface area contributed by atoms with Crippen LogP contribution in [-0.2, 0) is 4.84 Å². The zero-order chi connectivity index (χ0) is 11.5. The van der Waals surface area contributed by atoms with Crippen molar-refractivity contribution >= 4 is 0 Å². The van der Waals surface area contributed by atoms with Gasteiger partial charge in [0.2, 0.25) is 0 Å². The van der Waals surface area contributed by atoms with Crippen molar-refractivity contribution in [3.8, 4) is 6.19 Å². The van der Waals surface area contributed by atoms with Gasteiger partial charge in [0.15, 0.2) is 6.19 Å². The van der Waals surface area contributed by atoms with Crippen molar-refractivity contribution in [3.05, 3.63) is 60.9 Å². The third-order valence-electron chi connectivity index (χ3n) is 1.63. The summed E-state index contributed by atoms with van der Waals surface area (Å²) in [7, 11) is 0. The van der Waals surface area contributed by atoms with Gasteiger partial charge < -0.3 is 4.84 Å². The van der Waals surface area contributed by atoms with Gasteiger partial charge in [-0.05, 0) is 6.08 Å². The number of nitrogens with one attached hydrogen (secondary N) is 1. The summed E-state index contributed by atoms with van der Waals surface area (Å²) in [5, 5.41) is 9.99. The van der Waals surface area contributed by atoms with Gasteiger partial charge in [-0.3, -0.25) is 0 Å². The molecule has 4 heteroatoms. The maximum Gasteiger partial charge on any atom is 0.198 e. The molecule has 0 fully saturated rings. The van der Waals surface area contributed by atoms with E-state index in [1.54, 1.807) is 6.08 Å². The molecule has 0 radical (unpaired) electrons. The Balaban J connectivity index is 2.62. The Labute approximate surface area is 95.0 Å². The molecular weight excluding hydrogens is 202 g/mol. The van der Waals surface area contributed by atoms with E-state index in [0.717, 1.165) is 0 Å². The minimum atomic E-state index is 0.439. The molecule has 1 N–H and O–H groups in total. The van der Waals surface area contributed by atoms with Crippen LogP contribution in [-0.4, -0.2) is 11.6 Å². The monoisotopic (exact) mass is 215 g/mol. The van der Waals surface area contributed by atoms with Gasteiger partial charge in [0.1, 0.15) is 6.26 Å². The molecular formula is C12H13N3O. The van der Waals surface area contributed by atoms with E-state index >= 15 is 0 Å². The zero-order valence-electron chi connectivity index (χ0n) is 8.78. The first-order valence-electron chi connectivity index (χ1n) is 4.84. The van der Waals surface area contributed by atoms with Crippen LogP contribution in [0.25, 0.3) is 0 Å². The fraction of sp³-hybridized carbons (Fsp3) is 0.0833. The molecule has 0 aromatic heterocycles. The van der Waals surface area contributed by atoms with Crippen molar-refractivity contribution in [3.63, 3.8) is 0 Å². The highest BCUT2D eigenvalue weighted by Gasteiger charge is 1.94. The van der Waals surface area contributed by atoms with Gasteiger partial charge in [-0.1, -0.05) is 54.2 Å². The van der Waals surface area contributed by atoms with Crippen LogP contribution in [0.5, 0.6) is 0 Å². The van der Waals surface area contributed by atoms with Gasteiger partial charge in [0.05, 0.1) is 6.54 Å². The van der Waals surface area contributed by atoms with Gasteiger partial charge in [-0.2, -0.15) is 5.26 Å². The molecule has 0 amide bonds. The van der Waals surface area contributed by atoms with E-state index in [1.165, 1.54) is 11.3 Å². The van der Waals surface area contributed by atoms with Crippen molar-refractivity contribution in [2.45, 2.75) is 0 Å². The van der Waals surface area contributed by atoms with Crippen molar-refractivity contribution in [2.75, 3.05) is 6.54 Å². The van der Waals surface area contributed by atoms with Crippen LogP contribution < -0.4 is 5.59 Å². The highest BCUT2D eigenvalue weighted by atomic mass is 16.7. The minimum Gasteiger partial charge on any atom is -0.396 e. The lowest BCUT2D eigenvalue weighted by atomic mass is 10.3. The van der Waals surface area contributed by atoms with E-state index in [2.05, 4.69) is 5.59 Å². The summed E-state index contributed by atoms with van der Waals surface area (Å²) in [6, 6.07) is 0. The first-order valence-corrected chi connectivity index (χ1v) is 4.84. The van der Waals surface area contributed by atoms with Crippen molar-refractivity contribution in [1.29, 1.82) is 5.26 Å². The number of hydrogen-bond donors (Lipinski definition) is 1. The summed E-state index contributed by atoms with van der Waals surface area (Å²) in [4.78, 5) is 4.93. The van der Waals surface area contributed by atoms with Crippen LogP contribution in [0.15, 0.2) is 60.9 Å². The average molecular weight is 215 g/mol. The fourth-order valence-electron chi connectivity index (χ4n) is 0.907. The predicted octanol–water partition coefficient (Wildman–Crippen LogP) is 1.96. The van der Waals surface area contributed by atoms with Gasteiger partial charge >= 0.3 is 0 Å². The van der Waals surface area contributed by atoms with E-state index < -0.39 is 0 Å². The van der Waals surface area contributed by atoms with Crippen molar-refractivity contribution in [2.24, 2.45) is 0 Å². The van der Waals surface area contributed by atoms with E-state index in [1.807, 2.05) is 54.8 Å². The number of rotatable bonds is 0. The quantitative estimate of drug-likeness (QED) is 0.627. The van der Waals surface area contributed by atoms with Crippen molar-refractivity contribution < 1.29 is 4.84 Å². The molecule has 4 nitrogen and oxygen atoms in total. The summed E-state index contributed by atoms with van der Waals surface area (Å²) in [5.74, 6) is 0. The number of nitriles is 1. The van der Waals surface area contributed by atoms with Crippen LogP contribution in [0.3, 0.4) is 0 Å². The molecule has 16 heavy (non-hydrogen) atoms. The number of hydrogen-bond acceptors (Lipinski definition) is 4. The van der Waals surface area contributed by atoms with Gasteiger partial charge in [-0.15, -0.1) is 0 Å². The van der Waals surface area contributed by atoms with Gasteiger partial charge in [-0.25, -0.2) is 5.01 Å². The second-order valence-electron chi connectivity index (χ2n) is 2.83. The summed E-state index contributed by atoms with van der Waals surface area (Å²) in [6.45, 7) is 0.439. The fourth-order valence-corrected chi connectivity index (χ4v) is 0.907. The highest BCUT2D eigenvalue weighted by Crippen LogP contribution is 1.88. The third-order valence-corrected chi connectivity index (χ3v) is 1.63. The highest BCUT2D eigenvalue weighted by molar-refractivity contribution is 5.17. The van der Waals surface area contributed by atoms with Crippen LogP contribution in [0.1, 0.15) is 0 Å². The van der Waals surface area contributed by atoms with Crippen LogP contribution >= 0.6 is 0 Å². The normalized spacial score (nSPS) is 26.6. The topological polar surface area (TPSA) is 48.3 Å². The molecule has 1 aliphatic heterocycles. The Morgan fingerprint density at radius 1 is 1.00 bits per heavy atom. The number of nitrogens with zero attached hydrogens (tertiary/aromatic N) is 2. The summed E-state index contributed by atoms with van der Waals surface area (Å²) in [5.41, 5.74) is 2.48. The Hall–Kier alpha value is -2.25. The number of hydrazine groups is 1. The lowest BCUT2D eigenvalue weighted by Gasteiger charge is -2.12. The molecule has 0 saturated carbocycles. The Kier molecular flexibility index (Phi) is 5.98. The molecule has 0 saturated heterocycles. The number of allylic oxidation sites excluding steroid dienone is 8. The first-order chi connectivity index (χ1) is 7.93. The van der Waals surface area contributed by atoms with Crippen LogP contribution in [0.4, 0.5) is 0 Å². The molecule has 0 spiro atoms. The van der Waals surface area contributed by atoms with E-state index in [0.29, 0.717) is 6.54 Å². The molecule has 82 valence electrons. The molecule has 1 heterocycles. The molecule has 0 atom stereocenters. The molecule has 1 rings (SSSR count). The second kappa shape index (κ2) is 8.09. The maximum atomic E-state index is 8.73. The van der Waals surface area contributed by atoms with Gasteiger partial charge in [0.25, 0.3) is 0 Å². The Morgan fingerprint density at radius 3 is 2.31 bits per heavy atom. The Bertz CT molecular complexity index is 372.